The average molecular weight is 200 g/mol. The molecule has 1 N–H and O–H groups in total. The van der Waals surface area contributed by atoms with Crippen LogP contribution in [0.4, 0.5) is 0 Å². The molecule has 12 heavy (non-hydrogen) atoms. The molecule has 0 bridgehead atoms. The van der Waals surface area contributed by atoms with Crippen LogP contribution in [0.25, 0.3) is 0 Å². The molecule has 0 aliphatic carbocycles. The molecule has 0 heterocycles. The summed E-state index contributed by atoms with van der Waals surface area (Å²) in [5.74, 6) is 0. The SMILES string of the molecule is CC(NC=S)c1ccccc1Cl. The van der Waals surface area contributed by atoms with E-state index in [0.717, 1.165) is 10.6 Å². The molecular formula is C9H10ClNS. The van der Waals surface area contributed by atoms with Crippen molar-refractivity contribution in [2.75, 3.05) is 0 Å². The topological polar surface area (TPSA) is 12.0 Å². The molecule has 0 aliphatic heterocycles. The van der Waals surface area contributed by atoms with E-state index >= 15 is 0 Å². The van der Waals surface area contributed by atoms with Gasteiger partial charge in [-0.05, 0) is 18.6 Å². The van der Waals surface area contributed by atoms with Gasteiger partial charge in [-0.25, -0.2) is 0 Å². The average Bonchev–Trinajstić information content (AvgIpc) is 2.05. The molecule has 64 valence electrons. The predicted octanol–water partition coefficient (Wildman–Crippen LogP) is 2.95. The molecule has 0 aromatic heterocycles. The van der Waals surface area contributed by atoms with Gasteiger partial charge in [0.25, 0.3) is 0 Å². The number of nitrogens with one attached hydrogen (secondary N) is 1. The number of rotatable bonds is 3. The zero-order chi connectivity index (χ0) is 8.97. The summed E-state index contributed by atoms with van der Waals surface area (Å²) in [6.07, 6.45) is 0. The molecule has 1 rings (SSSR count). The molecule has 1 aromatic rings. The van der Waals surface area contributed by atoms with E-state index in [1.807, 2.05) is 31.2 Å². The molecular weight excluding hydrogens is 190 g/mol. The van der Waals surface area contributed by atoms with Crippen molar-refractivity contribution in [3.05, 3.63) is 34.9 Å². The van der Waals surface area contributed by atoms with Crippen LogP contribution in [0, 0.1) is 0 Å². The fourth-order valence-corrected chi connectivity index (χ4v) is 1.52. The highest BCUT2D eigenvalue weighted by atomic mass is 35.5. The fourth-order valence-electron chi connectivity index (χ4n) is 1.02. The van der Waals surface area contributed by atoms with Gasteiger partial charge >= 0.3 is 0 Å². The summed E-state index contributed by atoms with van der Waals surface area (Å²) >= 11 is 10.7. The third-order valence-corrected chi connectivity index (χ3v) is 2.17. The highest BCUT2D eigenvalue weighted by Crippen LogP contribution is 2.21. The van der Waals surface area contributed by atoms with Crippen molar-refractivity contribution >= 4 is 29.3 Å². The van der Waals surface area contributed by atoms with Crippen molar-refractivity contribution in [1.29, 1.82) is 0 Å². The Labute approximate surface area is 82.7 Å². The highest BCUT2D eigenvalue weighted by molar-refractivity contribution is 7.78. The van der Waals surface area contributed by atoms with E-state index in [1.54, 1.807) is 0 Å². The first-order valence-corrected chi connectivity index (χ1v) is 4.54. The summed E-state index contributed by atoms with van der Waals surface area (Å²) in [5.41, 5.74) is 2.58. The summed E-state index contributed by atoms with van der Waals surface area (Å²) in [7, 11) is 0. The lowest BCUT2D eigenvalue weighted by molar-refractivity contribution is 0.733. The van der Waals surface area contributed by atoms with Crippen LogP contribution in [-0.4, -0.2) is 5.49 Å². The van der Waals surface area contributed by atoms with Crippen molar-refractivity contribution in [2.45, 2.75) is 13.0 Å². The van der Waals surface area contributed by atoms with Crippen LogP contribution in [0.2, 0.25) is 5.02 Å². The van der Waals surface area contributed by atoms with Gasteiger partial charge in [0.2, 0.25) is 0 Å². The van der Waals surface area contributed by atoms with Crippen molar-refractivity contribution in [1.82, 2.24) is 5.32 Å². The third-order valence-electron chi connectivity index (χ3n) is 1.69. The van der Waals surface area contributed by atoms with Gasteiger partial charge in [-0.2, -0.15) is 0 Å². The minimum atomic E-state index is 0.177. The summed E-state index contributed by atoms with van der Waals surface area (Å²) in [6, 6.07) is 7.91. The molecule has 0 aliphatic rings. The first kappa shape index (κ1) is 9.49. The van der Waals surface area contributed by atoms with Gasteiger partial charge in [0, 0.05) is 5.02 Å². The second-order valence-electron chi connectivity index (χ2n) is 2.53. The fraction of sp³-hybridized carbons (Fsp3) is 0.222. The number of halogens is 1. The van der Waals surface area contributed by atoms with Crippen molar-refractivity contribution < 1.29 is 0 Å². The zero-order valence-electron chi connectivity index (χ0n) is 6.75. The maximum absolute atomic E-state index is 5.97. The zero-order valence-corrected chi connectivity index (χ0v) is 8.32. The smallest absolute Gasteiger partial charge is 0.0619 e. The van der Waals surface area contributed by atoms with E-state index in [1.165, 1.54) is 5.49 Å². The molecule has 1 aromatic carbocycles. The van der Waals surface area contributed by atoms with Gasteiger partial charge in [-0.15, -0.1) is 0 Å². The summed E-state index contributed by atoms with van der Waals surface area (Å²) in [4.78, 5) is 0. The lowest BCUT2D eigenvalue weighted by atomic mass is 10.1. The molecule has 1 unspecified atom stereocenters. The predicted molar refractivity (Wildman–Crippen MR) is 56.7 cm³/mol. The second-order valence-corrected chi connectivity index (χ2v) is 3.17. The van der Waals surface area contributed by atoms with E-state index in [9.17, 15) is 0 Å². The molecule has 1 nitrogen and oxygen atoms in total. The molecule has 0 saturated carbocycles. The molecule has 0 radical (unpaired) electrons. The van der Waals surface area contributed by atoms with E-state index in [2.05, 4.69) is 5.32 Å². The summed E-state index contributed by atoms with van der Waals surface area (Å²) in [6.45, 7) is 2.02. The summed E-state index contributed by atoms with van der Waals surface area (Å²) < 4.78 is 0. The monoisotopic (exact) mass is 199 g/mol. The van der Waals surface area contributed by atoms with Gasteiger partial charge in [0.15, 0.2) is 0 Å². The van der Waals surface area contributed by atoms with Crippen LogP contribution in [0.3, 0.4) is 0 Å². The number of hydrogen-bond acceptors (Lipinski definition) is 1. The largest absolute Gasteiger partial charge is 0.376 e. The molecule has 1 atom stereocenters. The standard InChI is InChI=1S/C9H10ClNS/c1-7(11-6-12)8-4-2-3-5-9(8)10/h2-7H,1H3,(H,11,12). The Morgan fingerprint density at radius 1 is 1.50 bits per heavy atom. The van der Waals surface area contributed by atoms with Crippen LogP contribution in [0.1, 0.15) is 18.5 Å². The van der Waals surface area contributed by atoms with Gasteiger partial charge in [0.05, 0.1) is 11.5 Å². The molecule has 0 spiro atoms. The third kappa shape index (κ3) is 2.19. The van der Waals surface area contributed by atoms with E-state index in [0.29, 0.717) is 0 Å². The Morgan fingerprint density at radius 2 is 2.17 bits per heavy atom. The van der Waals surface area contributed by atoms with Crippen molar-refractivity contribution in [2.24, 2.45) is 0 Å². The summed E-state index contributed by atoms with van der Waals surface area (Å²) in [5, 5.41) is 3.78. The van der Waals surface area contributed by atoms with Crippen LogP contribution in [0.5, 0.6) is 0 Å². The first-order chi connectivity index (χ1) is 5.75. The van der Waals surface area contributed by atoms with Crippen LogP contribution in [-0.2, 0) is 0 Å². The van der Waals surface area contributed by atoms with Crippen LogP contribution >= 0.6 is 23.8 Å². The lowest BCUT2D eigenvalue weighted by Crippen LogP contribution is -2.15. The van der Waals surface area contributed by atoms with Gasteiger partial charge in [-0.3, -0.25) is 0 Å². The van der Waals surface area contributed by atoms with E-state index in [4.69, 9.17) is 23.8 Å². The van der Waals surface area contributed by atoms with E-state index in [-0.39, 0.29) is 6.04 Å². The Bertz CT molecular complexity index is 275. The van der Waals surface area contributed by atoms with Gasteiger partial charge in [0.1, 0.15) is 0 Å². The Kier molecular flexibility index (Phi) is 3.50. The lowest BCUT2D eigenvalue weighted by Gasteiger charge is -2.12. The molecule has 0 saturated heterocycles. The van der Waals surface area contributed by atoms with Crippen molar-refractivity contribution in [3.8, 4) is 0 Å². The maximum atomic E-state index is 5.97. The Balaban J connectivity index is 2.86. The number of hydrogen-bond donors (Lipinski definition) is 1. The van der Waals surface area contributed by atoms with Crippen molar-refractivity contribution in [3.63, 3.8) is 0 Å². The van der Waals surface area contributed by atoms with E-state index < -0.39 is 0 Å². The molecule has 0 amide bonds. The molecule has 3 heteroatoms. The van der Waals surface area contributed by atoms with Gasteiger partial charge in [-0.1, -0.05) is 42.0 Å². The minimum absolute atomic E-state index is 0.177. The Hall–Kier alpha value is -0.600. The quantitative estimate of drug-likeness (QED) is 0.752. The normalized spacial score (nSPS) is 12.2. The first-order valence-electron chi connectivity index (χ1n) is 3.70. The van der Waals surface area contributed by atoms with Crippen LogP contribution in [0.15, 0.2) is 24.3 Å². The highest BCUT2D eigenvalue weighted by Gasteiger charge is 2.05. The maximum Gasteiger partial charge on any atom is 0.0619 e. The Morgan fingerprint density at radius 3 is 2.75 bits per heavy atom. The second kappa shape index (κ2) is 4.43. The number of benzene rings is 1. The van der Waals surface area contributed by atoms with Crippen LogP contribution < -0.4 is 5.32 Å². The van der Waals surface area contributed by atoms with Gasteiger partial charge < -0.3 is 5.32 Å². The molecule has 0 fully saturated rings. The number of thiocarbonyl (C=S) groups is 1. The minimum Gasteiger partial charge on any atom is -0.376 e.